The van der Waals surface area contributed by atoms with E-state index in [4.69, 9.17) is 5.73 Å². The maximum absolute atomic E-state index is 5.80. The van der Waals surface area contributed by atoms with Crippen molar-refractivity contribution in [3.05, 3.63) is 41.1 Å². The Balaban J connectivity index is 2.44. The molecule has 0 aliphatic rings. The highest BCUT2D eigenvalue weighted by atomic mass is 14.7. The van der Waals surface area contributed by atoms with Gasteiger partial charge >= 0.3 is 0 Å². The molecule has 0 radical (unpaired) electrons. The van der Waals surface area contributed by atoms with E-state index in [2.05, 4.69) is 50.0 Å². The molecule has 0 aliphatic carbocycles. The van der Waals surface area contributed by atoms with Gasteiger partial charge in [0.2, 0.25) is 0 Å². The Morgan fingerprint density at radius 2 is 1.89 bits per heavy atom. The Bertz CT molecular complexity index is 571. The van der Waals surface area contributed by atoms with E-state index in [1.807, 2.05) is 6.92 Å². The van der Waals surface area contributed by atoms with Crippen molar-refractivity contribution in [2.24, 2.45) is 11.1 Å². The lowest BCUT2D eigenvalue weighted by Crippen LogP contribution is -2.25. The van der Waals surface area contributed by atoms with Gasteiger partial charge in [0.25, 0.3) is 0 Å². The van der Waals surface area contributed by atoms with Gasteiger partial charge in [0.1, 0.15) is 0 Å². The van der Waals surface area contributed by atoms with Crippen molar-refractivity contribution < 1.29 is 0 Å². The standard InChI is InChI=1S/C16H22N2/c1-11-7-12(2)18-15-6-5-13(8-14(11)15)9-16(3,4)10-17/h5-8H,9-10,17H2,1-4H3. The molecule has 0 atom stereocenters. The molecule has 0 fully saturated rings. The van der Waals surface area contributed by atoms with Crippen molar-refractivity contribution in [3.63, 3.8) is 0 Å². The van der Waals surface area contributed by atoms with Gasteiger partial charge in [0.05, 0.1) is 5.52 Å². The number of hydrogen-bond donors (Lipinski definition) is 1. The van der Waals surface area contributed by atoms with Crippen LogP contribution in [0.15, 0.2) is 24.3 Å². The number of pyridine rings is 1. The van der Waals surface area contributed by atoms with Gasteiger partial charge in [-0.2, -0.15) is 0 Å². The van der Waals surface area contributed by atoms with Gasteiger partial charge in [-0.1, -0.05) is 19.9 Å². The number of nitrogens with zero attached hydrogens (tertiary/aromatic N) is 1. The van der Waals surface area contributed by atoms with Gasteiger partial charge in [0.15, 0.2) is 0 Å². The van der Waals surface area contributed by atoms with Crippen molar-refractivity contribution in [1.29, 1.82) is 0 Å². The van der Waals surface area contributed by atoms with E-state index in [-0.39, 0.29) is 5.41 Å². The molecule has 0 spiro atoms. The molecule has 2 aromatic rings. The molecular formula is C16H22N2. The topological polar surface area (TPSA) is 38.9 Å². The predicted molar refractivity (Wildman–Crippen MR) is 77.8 cm³/mol. The lowest BCUT2D eigenvalue weighted by molar-refractivity contribution is 0.377. The Labute approximate surface area is 109 Å². The molecule has 2 nitrogen and oxygen atoms in total. The molecule has 0 saturated heterocycles. The molecule has 0 aliphatic heterocycles. The monoisotopic (exact) mass is 242 g/mol. The summed E-state index contributed by atoms with van der Waals surface area (Å²) in [7, 11) is 0. The molecule has 2 N–H and O–H groups in total. The first-order valence-corrected chi connectivity index (χ1v) is 6.48. The fourth-order valence-electron chi connectivity index (χ4n) is 2.34. The molecule has 18 heavy (non-hydrogen) atoms. The maximum atomic E-state index is 5.80. The van der Waals surface area contributed by atoms with E-state index < -0.39 is 0 Å². The average Bonchev–Trinajstić information content (AvgIpc) is 2.29. The van der Waals surface area contributed by atoms with Crippen LogP contribution >= 0.6 is 0 Å². The second kappa shape index (κ2) is 4.69. The fourth-order valence-corrected chi connectivity index (χ4v) is 2.34. The van der Waals surface area contributed by atoms with Crippen molar-refractivity contribution in [1.82, 2.24) is 4.98 Å². The zero-order chi connectivity index (χ0) is 13.3. The first-order chi connectivity index (χ1) is 8.41. The van der Waals surface area contributed by atoms with Gasteiger partial charge in [-0.3, -0.25) is 4.98 Å². The Morgan fingerprint density at radius 1 is 1.17 bits per heavy atom. The number of nitrogens with two attached hydrogens (primary N) is 1. The average molecular weight is 242 g/mol. The molecule has 0 unspecified atom stereocenters. The van der Waals surface area contributed by atoms with Crippen LogP contribution < -0.4 is 5.73 Å². The number of aromatic nitrogens is 1. The van der Waals surface area contributed by atoms with Gasteiger partial charge in [-0.25, -0.2) is 0 Å². The van der Waals surface area contributed by atoms with Crippen LogP contribution in [0.4, 0.5) is 0 Å². The number of hydrogen-bond acceptors (Lipinski definition) is 2. The highest BCUT2D eigenvalue weighted by molar-refractivity contribution is 5.82. The van der Waals surface area contributed by atoms with E-state index in [9.17, 15) is 0 Å². The normalized spacial score (nSPS) is 12.1. The zero-order valence-corrected chi connectivity index (χ0v) is 11.7. The van der Waals surface area contributed by atoms with Gasteiger partial charge < -0.3 is 5.73 Å². The third-order valence-electron chi connectivity index (χ3n) is 3.44. The summed E-state index contributed by atoms with van der Waals surface area (Å²) in [4.78, 5) is 4.57. The maximum Gasteiger partial charge on any atom is 0.0708 e. The van der Waals surface area contributed by atoms with Gasteiger partial charge in [-0.15, -0.1) is 0 Å². The Hall–Kier alpha value is -1.41. The van der Waals surface area contributed by atoms with Crippen molar-refractivity contribution in [2.45, 2.75) is 34.1 Å². The summed E-state index contributed by atoms with van der Waals surface area (Å²) in [5.41, 5.74) is 10.8. The summed E-state index contributed by atoms with van der Waals surface area (Å²) < 4.78 is 0. The fraction of sp³-hybridized carbons (Fsp3) is 0.438. The van der Waals surface area contributed by atoms with E-state index in [0.717, 1.165) is 17.6 Å². The van der Waals surface area contributed by atoms with Crippen molar-refractivity contribution in [2.75, 3.05) is 6.54 Å². The molecule has 0 saturated carbocycles. The lowest BCUT2D eigenvalue weighted by atomic mass is 9.85. The second-order valence-electron chi connectivity index (χ2n) is 5.98. The van der Waals surface area contributed by atoms with Gasteiger partial charge in [0, 0.05) is 11.1 Å². The lowest BCUT2D eigenvalue weighted by Gasteiger charge is -2.22. The van der Waals surface area contributed by atoms with E-state index in [1.165, 1.54) is 16.5 Å². The third kappa shape index (κ3) is 2.70. The summed E-state index contributed by atoms with van der Waals surface area (Å²) in [5.74, 6) is 0. The van der Waals surface area contributed by atoms with Crippen LogP contribution in [0, 0.1) is 19.3 Å². The smallest absolute Gasteiger partial charge is 0.0708 e. The van der Waals surface area contributed by atoms with Crippen LogP contribution in [0.5, 0.6) is 0 Å². The number of rotatable bonds is 3. The number of benzene rings is 1. The predicted octanol–water partition coefficient (Wildman–Crippen LogP) is 3.38. The highest BCUT2D eigenvalue weighted by Gasteiger charge is 2.16. The zero-order valence-electron chi connectivity index (χ0n) is 11.7. The van der Waals surface area contributed by atoms with Crippen LogP contribution in [0.1, 0.15) is 30.7 Å². The van der Waals surface area contributed by atoms with Crippen LogP contribution in [-0.4, -0.2) is 11.5 Å². The first kappa shape index (κ1) is 13.0. The van der Waals surface area contributed by atoms with E-state index >= 15 is 0 Å². The largest absolute Gasteiger partial charge is 0.330 e. The SMILES string of the molecule is Cc1cc(C)c2cc(CC(C)(C)CN)ccc2n1. The first-order valence-electron chi connectivity index (χ1n) is 6.48. The van der Waals surface area contributed by atoms with Crippen LogP contribution in [0.3, 0.4) is 0 Å². The minimum absolute atomic E-state index is 0.152. The van der Waals surface area contributed by atoms with Crippen molar-refractivity contribution in [3.8, 4) is 0 Å². The van der Waals surface area contributed by atoms with E-state index in [1.54, 1.807) is 0 Å². The Kier molecular flexibility index (Phi) is 3.40. The molecular weight excluding hydrogens is 220 g/mol. The molecule has 1 heterocycles. The molecule has 2 heteroatoms. The highest BCUT2D eigenvalue weighted by Crippen LogP contribution is 2.24. The summed E-state index contributed by atoms with van der Waals surface area (Å²) in [6.07, 6.45) is 1.01. The van der Waals surface area contributed by atoms with Crippen LogP contribution in [0.25, 0.3) is 10.9 Å². The van der Waals surface area contributed by atoms with Crippen LogP contribution in [0.2, 0.25) is 0 Å². The molecule has 2 rings (SSSR count). The molecule has 0 bridgehead atoms. The quantitative estimate of drug-likeness (QED) is 0.896. The molecule has 1 aromatic heterocycles. The van der Waals surface area contributed by atoms with Crippen molar-refractivity contribution >= 4 is 10.9 Å². The van der Waals surface area contributed by atoms with Crippen LogP contribution in [-0.2, 0) is 6.42 Å². The molecule has 0 amide bonds. The van der Waals surface area contributed by atoms with E-state index in [0.29, 0.717) is 6.54 Å². The minimum atomic E-state index is 0.152. The second-order valence-corrected chi connectivity index (χ2v) is 5.98. The minimum Gasteiger partial charge on any atom is -0.330 e. The third-order valence-corrected chi connectivity index (χ3v) is 3.44. The number of aryl methyl sites for hydroxylation is 2. The summed E-state index contributed by atoms with van der Waals surface area (Å²) >= 11 is 0. The summed E-state index contributed by atoms with van der Waals surface area (Å²) in [6.45, 7) is 9.30. The Morgan fingerprint density at radius 3 is 2.56 bits per heavy atom. The number of fused-ring (bicyclic) bond motifs is 1. The molecule has 96 valence electrons. The molecule has 1 aromatic carbocycles. The summed E-state index contributed by atoms with van der Waals surface area (Å²) in [5, 5.41) is 1.26. The summed E-state index contributed by atoms with van der Waals surface area (Å²) in [6, 6.07) is 8.69. The van der Waals surface area contributed by atoms with Gasteiger partial charge in [-0.05, 0) is 61.6 Å².